The topological polar surface area (TPSA) is 0 Å². The lowest BCUT2D eigenvalue weighted by atomic mass is 10.2. The van der Waals surface area contributed by atoms with Crippen molar-refractivity contribution in [3.63, 3.8) is 0 Å². The van der Waals surface area contributed by atoms with Crippen molar-refractivity contribution in [3.8, 4) is 0 Å². The van der Waals surface area contributed by atoms with Crippen LogP contribution in [0.5, 0.6) is 0 Å². The molecule has 2 aliphatic carbocycles. The Hall–Kier alpha value is 0. The second-order valence-electron chi connectivity index (χ2n) is 3.45. The van der Waals surface area contributed by atoms with Crippen molar-refractivity contribution >= 4 is 0 Å². The van der Waals surface area contributed by atoms with Crippen molar-refractivity contribution in [2.24, 2.45) is 5.92 Å². The van der Waals surface area contributed by atoms with Gasteiger partial charge in [0.2, 0.25) is 0 Å². The normalized spacial score (nSPS) is 25.0. The van der Waals surface area contributed by atoms with Crippen LogP contribution in [-0.2, 0) is 0 Å². The quantitative estimate of drug-likeness (QED) is 0.467. The molecule has 0 amide bonds. The molecule has 0 unspecified atom stereocenters. The predicted octanol–water partition coefficient (Wildman–Crippen LogP) is 3.37. The van der Waals surface area contributed by atoms with E-state index in [-0.39, 0.29) is 0 Å². The average molecular weight is 126 g/mol. The van der Waals surface area contributed by atoms with Gasteiger partial charge in [-0.3, -0.25) is 0 Å². The molecule has 2 saturated carbocycles. The first kappa shape index (κ1) is 7.11. The Morgan fingerprint density at radius 3 is 1.33 bits per heavy atom. The minimum Gasteiger partial charge on any atom is -0.0625 e. The lowest BCUT2D eigenvalue weighted by Gasteiger charge is -1.91. The van der Waals surface area contributed by atoms with Crippen LogP contribution in [0.25, 0.3) is 0 Å². The molecule has 2 rings (SSSR count). The molecule has 0 saturated heterocycles. The fraction of sp³-hybridized carbons (Fsp3) is 1.00. The SMILES string of the molecule is C1CC1.CC1CCCC1. The maximum atomic E-state index is 2.34. The summed E-state index contributed by atoms with van der Waals surface area (Å²) in [6.45, 7) is 2.34. The smallest absolute Gasteiger partial charge is 0.0443 e. The van der Waals surface area contributed by atoms with Crippen LogP contribution in [-0.4, -0.2) is 0 Å². The third-order valence-corrected chi connectivity index (χ3v) is 2.00. The molecule has 0 radical (unpaired) electrons. The van der Waals surface area contributed by atoms with Crippen LogP contribution >= 0.6 is 0 Å². The summed E-state index contributed by atoms with van der Waals surface area (Å²) in [5.41, 5.74) is 0. The molecular weight excluding hydrogens is 108 g/mol. The van der Waals surface area contributed by atoms with E-state index < -0.39 is 0 Å². The highest BCUT2D eigenvalue weighted by Crippen LogP contribution is 2.22. The highest BCUT2D eigenvalue weighted by Gasteiger charge is 2.07. The second-order valence-corrected chi connectivity index (χ2v) is 3.45. The van der Waals surface area contributed by atoms with Crippen LogP contribution in [0.1, 0.15) is 51.9 Å². The van der Waals surface area contributed by atoms with Crippen LogP contribution in [0.4, 0.5) is 0 Å². The summed E-state index contributed by atoms with van der Waals surface area (Å²) in [7, 11) is 0. The van der Waals surface area contributed by atoms with Crippen LogP contribution in [0.2, 0.25) is 0 Å². The van der Waals surface area contributed by atoms with Crippen LogP contribution < -0.4 is 0 Å². The zero-order valence-electron chi connectivity index (χ0n) is 6.53. The summed E-state index contributed by atoms with van der Waals surface area (Å²) < 4.78 is 0. The van der Waals surface area contributed by atoms with Gasteiger partial charge in [0, 0.05) is 0 Å². The van der Waals surface area contributed by atoms with Gasteiger partial charge in [-0.05, 0) is 5.92 Å². The van der Waals surface area contributed by atoms with Crippen molar-refractivity contribution in [2.45, 2.75) is 51.9 Å². The molecule has 0 heterocycles. The summed E-state index contributed by atoms with van der Waals surface area (Å²) in [5.74, 6) is 1.05. The average Bonchev–Trinajstić information content (AvgIpc) is 2.64. The van der Waals surface area contributed by atoms with E-state index in [4.69, 9.17) is 0 Å². The van der Waals surface area contributed by atoms with Gasteiger partial charge >= 0.3 is 0 Å². The molecule has 0 heteroatoms. The maximum Gasteiger partial charge on any atom is -0.0443 e. The van der Waals surface area contributed by atoms with Gasteiger partial charge in [0.1, 0.15) is 0 Å². The van der Waals surface area contributed by atoms with E-state index in [2.05, 4.69) is 6.92 Å². The molecule has 0 aromatic carbocycles. The van der Waals surface area contributed by atoms with Crippen molar-refractivity contribution in [3.05, 3.63) is 0 Å². The summed E-state index contributed by atoms with van der Waals surface area (Å²) >= 11 is 0. The summed E-state index contributed by atoms with van der Waals surface area (Å²) in [4.78, 5) is 0. The first-order valence-corrected chi connectivity index (χ1v) is 4.39. The molecule has 54 valence electrons. The zero-order chi connectivity index (χ0) is 6.53. The first-order chi connectivity index (χ1) is 4.39. The Balaban J connectivity index is 0.000000112. The Labute approximate surface area is 58.7 Å². The molecule has 0 atom stereocenters. The minimum absolute atomic E-state index is 1.05. The van der Waals surface area contributed by atoms with Gasteiger partial charge in [-0.1, -0.05) is 51.9 Å². The van der Waals surface area contributed by atoms with Crippen molar-refractivity contribution < 1.29 is 0 Å². The summed E-state index contributed by atoms with van der Waals surface area (Å²) in [5, 5.41) is 0. The van der Waals surface area contributed by atoms with Crippen molar-refractivity contribution in [2.75, 3.05) is 0 Å². The lowest BCUT2D eigenvalue weighted by molar-refractivity contribution is 0.612. The van der Waals surface area contributed by atoms with Crippen LogP contribution in [0.3, 0.4) is 0 Å². The van der Waals surface area contributed by atoms with E-state index >= 15 is 0 Å². The highest BCUT2D eigenvalue weighted by molar-refractivity contribution is 4.60. The zero-order valence-corrected chi connectivity index (χ0v) is 6.53. The fourth-order valence-corrected chi connectivity index (χ4v) is 1.13. The molecular formula is C9H18. The third-order valence-electron chi connectivity index (χ3n) is 2.00. The van der Waals surface area contributed by atoms with E-state index in [0.29, 0.717) is 0 Å². The first-order valence-electron chi connectivity index (χ1n) is 4.39. The van der Waals surface area contributed by atoms with E-state index in [9.17, 15) is 0 Å². The molecule has 0 aromatic rings. The van der Waals surface area contributed by atoms with E-state index in [1.165, 1.54) is 44.9 Å². The van der Waals surface area contributed by atoms with Crippen molar-refractivity contribution in [1.82, 2.24) is 0 Å². The summed E-state index contributed by atoms with van der Waals surface area (Å²) in [6, 6.07) is 0. The standard InChI is InChI=1S/C6H12.C3H6/c1-6-4-2-3-5-6;1-2-3-1/h6H,2-5H2,1H3;1-3H2. The monoisotopic (exact) mass is 126 g/mol. The van der Waals surface area contributed by atoms with Gasteiger partial charge in [0.05, 0.1) is 0 Å². The van der Waals surface area contributed by atoms with E-state index in [0.717, 1.165) is 5.92 Å². The van der Waals surface area contributed by atoms with Gasteiger partial charge in [-0.25, -0.2) is 0 Å². The molecule has 0 nitrogen and oxygen atoms in total. The molecule has 0 aliphatic heterocycles. The number of hydrogen-bond donors (Lipinski definition) is 0. The second kappa shape index (κ2) is 3.92. The predicted molar refractivity (Wildman–Crippen MR) is 41.5 cm³/mol. The Kier molecular flexibility index (Phi) is 3.10. The molecule has 0 spiro atoms. The largest absolute Gasteiger partial charge is 0.0625 e. The Morgan fingerprint density at radius 1 is 0.778 bits per heavy atom. The lowest BCUT2D eigenvalue weighted by Crippen LogP contribution is -1.78. The van der Waals surface area contributed by atoms with Gasteiger partial charge in [-0.15, -0.1) is 0 Å². The third kappa shape index (κ3) is 4.50. The minimum atomic E-state index is 1.05. The van der Waals surface area contributed by atoms with E-state index in [1.54, 1.807) is 0 Å². The maximum absolute atomic E-state index is 2.34. The van der Waals surface area contributed by atoms with Crippen molar-refractivity contribution in [1.29, 1.82) is 0 Å². The van der Waals surface area contributed by atoms with E-state index in [1.807, 2.05) is 0 Å². The molecule has 2 fully saturated rings. The van der Waals surface area contributed by atoms with Crippen LogP contribution in [0, 0.1) is 5.92 Å². The Morgan fingerprint density at radius 2 is 1.22 bits per heavy atom. The molecule has 9 heavy (non-hydrogen) atoms. The molecule has 0 aromatic heterocycles. The van der Waals surface area contributed by atoms with Crippen LogP contribution in [0.15, 0.2) is 0 Å². The molecule has 0 N–H and O–H groups in total. The summed E-state index contributed by atoms with van der Waals surface area (Å²) in [6.07, 6.45) is 10.4. The van der Waals surface area contributed by atoms with Gasteiger partial charge in [0.15, 0.2) is 0 Å². The number of hydrogen-bond acceptors (Lipinski definition) is 0. The molecule has 2 aliphatic rings. The van der Waals surface area contributed by atoms with Gasteiger partial charge < -0.3 is 0 Å². The fourth-order valence-electron chi connectivity index (χ4n) is 1.13. The highest BCUT2D eigenvalue weighted by atomic mass is 14.1. The van der Waals surface area contributed by atoms with Gasteiger partial charge in [-0.2, -0.15) is 0 Å². The van der Waals surface area contributed by atoms with Gasteiger partial charge in [0.25, 0.3) is 0 Å². The molecule has 0 bridgehead atoms. The number of rotatable bonds is 0. The Bertz CT molecular complexity index is 55.7.